The van der Waals surface area contributed by atoms with Gasteiger partial charge in [0.15, 0.2) is 0 Å². The molecule has 0 saturated carbocycles. The quantitative estimate of drug-likeness (QED) is 0.717. The highest BCUT2D eigenvalue weighted by Crippen LogP contribution is 2.18. The van der Waals surface area contributed by atoms with Crippen molar-refractivity contribution in [2.24, 2.45) is 7.05 Å². The van der Waals surface area contributed by atoms with Crippen molar-refractivity contribution in [3.63, 3.8) is 0 Å². The molecule has 1 aromatic rings. The number of anilines is 1. The number of rotatable bonds is 2. The van der Waals surface area contributed by atoms with E-state index in [4.69, 9.17) is 11.6 Å². The summed E-state index contributed by atoms with van der Waals surface area (Å²) in [7, 11) is 1.48. The number of piperidine rings is 1. The van der Waals surface area contributed by atoms with E-state index in [-0.39, 0.29) is 23.0 Å². The standard InChI is InChI=1S/C10H11ClN4O3/c1-15-10(18)8(11)6(4-12-15)13-5-2-3-7(16)14-9(5)17/h4-5,13H,2-3H2,1H3,(H,14,16,17). The van der Waals surface area contributed by atoms with Gasteiger partial charge in [0, 0.05) is 13.5 Å². The number of aromatic nitrogens is 2. The summed E-state index contributed by atoms with van der Waals surface area (Å²) >= 11 is 5.86. The number of imide groups is 1. The molecule has 0 spiro atoms. The fourth-order valence-corrected chi connectivity index (χ4v) is 1.86. The van der Waals surface area contributed by atoms with Gasteiger partial charge in [0.2, 0.25) is 11.8 Å². The predicted molar refractivity (Wildman–Crippen MR) is 64.3 cm³/mol. The molecule has 7 nitrogen and oxygen atoms in total. The van der Waals surface area contributed by atoms with Crippen LogP contribution in [0, 0.1) is 0 Å². The second-order valence-electron chi connectivity index (χ2n) is 3.95. The Hall–Kier alpha value is -1.89. The van der Waals surface area contributed by atoms with Gasteiger partial charge in [-0.1, -0.05) is 11.6 Å². The van der Waals surface area contributed by atoms with Gasteiger partial charge in [0.1, 0.15) is 11.1 Å². The Balaban J connectivity index is 2.20. The first-order valence-electron chi connectivity index (χ1n) is 5.31. The Bertz CT molecular complexity index is 569. The van der Waals surface area contributed by atoms with Gasteiger partial charge < -0.3 is 5.32 Å². The number of carbonyl (C=O) groups excluding carboxylic acids is 2. The molecule has 2 amide bonds. The van der Waals surface area contributed by atoms with E-state index >= 15 is 0 Å². The zero-order valence-electron chi connectivity index (χ0n) is 9.57. The van der Waals surface area contributed by atoms with Gasteiger partial charge in [0.25, 0.3) is 5.56 Å². The van der Waals surface area contributed by atoms with Crippen molar-refractivity contribution in [3.8, 4) is 0 Å². The summed E-state index contributed by atoms with van der Waals surface area (Å²) in [6, 6.07) is -0.589. The monoisotopic (exact) mass is 270 g/mol. The lowest BCUT2D eigenvalue weighted by atomic mass is 10.1. The van der Waals surface area contributed by atoms with Crippen molar-refractivity contribution >= 4 is 29.1 Å². The van der Waals surface area contributed by atoms with Crippen molar-refractivity contribution < 1.29 is 9.59 Å². The van der Waals surface area contributed by atoms with Crippen molar-refractivity contribution in [2.75, 3.05) is 5.32 Å². The number of aryl methyl sites for hydroxylation is 1. The number of halogens is 1. The Kier molecular flexibility index (Phi) is 3.33. The van der Waals surface area contributed by atoms with E-state index in [1.54, 1.807) is 0 Å². The van der Waals surface area contributed by atoms with E-state index in [1.807, 2.05) is 0 Å². The van der Waals surface area contributed by atoms with Crippen LogP contribution in [0.3, 0.4) is 0 Å². The number of nitrogens with one attached hydrogen (secondary N) is 2. The summed E-state index contributed by atoms with van der Waals surface area (Å²) in [5.74, 6) is -0.728. The van der Waals surface area contributed by atoms with E-state index < -0.39 is 17.5 Å². The topological polar surface area (TPSA) is 93.1 Å². The minimum absolute atomic E-state index is 0.0304. The molecule has 1 atom stereocenters. The number of hydrogen-bond acceptors (Lipinski definition) is 5. The minimum atomic E-state index is -0.589. The van der Waals surface area contributed by atoms with Crippen LogP contribution < -0.4 is 16.2 Å². The van der Waals surface area contributed by atoms with Gasteiger partial charge in [-0.2, -0.15) is 5.10 Å². The Morgan fingerprint density at radius 2 is 2.22 bits per heavy atom. The van der Waals surface area contributed by atoms with Crippen LogP contribution in [-0.2, 0) is 16.6 Å². The highest BCUT2D eigenvalue weighted by molar-refractivity contribution is 6.33. The minimum Gasteiger partial charge on any atom is -0.371 e. The summed E-state index contributed by atoms with van der Waals surface area (Å²) in [6.07, 6.45) is 1.98. The first-order chi connectivity index (χ1) is 8.49. The van der Waals surface area contributed by atoms with E-state index in [0.717, 1.165) is 4.68 Å². The maximum atomic E-state index is 11.5. The van der Waals surface area contributed by atoms with Crippen molar-refractivity contribution in [2.45, 2.75) is 18.9 Å². The van der Waals surface area contributed by atoms with Gasteiger partial charge >= 0.3 is 0 Å². The Morgan fingerprint density at radius 3 is 2.89 bits per heavy atom. The van der Waals surface area contributed by atoms with Crippen LogP contribution in [0.1, 0.15) is 12.8 Å². The largest absolute Gasteiger partial charge is 0.371 e. The molecule has 18 heavy (non-hydrogen) atoms. The average Bonchev–Trinajstić information content (AvgIpc) is 2.33. The lowest BCUT2D eigenvalue weighted by molar-refractivity contribution is -0.133. The number of amides is 2. The molecule has 2 rings (SSSR count). The smallest absolute Gasteiger partial charge is 0.287 e. The van der Waals surface area contributed by atoms with E-state index in [0.29, 0.717) is 6.42 Å². The van der Waals surface area contributed by atoms with Crippen molar-refractivity contribution in [1.29, 1.82) is 0 Å². The SMILES string of the molecule is Cn1ncc(NC2CCC(=O)NC2=O)c(Cl)c1=O. The van der Waals surface area contributed by atoms with E-state index in [9.17, 15) is 14.4 Å². The lowest BCUT2D eigenvalue weighted by Gasteiger charge is -2.22. The molecule has 0 radical (unpaired) electrons. The Labute approximate surface area is 107 Å². The van der Waals surface area contributed by atoms with Crippen LogP contribution in [0.5, 0.6) is 0 Å². The molecular weight excluding hydrogens is 260 g/mol. The fourth-order valence-electron chi connectivity index (χ4n) is 1.63. The molecule has 1 aliphatic heterocycles. The molecule has 1 saturated heterocycles. The second-order valence-corrected chi connectivity index (χ2v) is 4.33. The first kappa shape index (κ1) is 12.6. The van der Waals surface area contributed by atoms with E-state index in [1.165, 1.54) is 13.2 Å². The molecule has 1 fully saturated rings. The summed E-state index contributed by atoms with van der Waals surface area (Å²) in [6.45, 7) is 0. The van der Waals surface area contributed by atoms with Gasteiger partial charge in [-0.3, -0.25) is 19.7 Å². The van der Waals surface area contributed by atoms with Gasteiger partial charge in [-0.05, 0) is 6.42 Å². The molecule has 1 unspecified atom stereocenters. The highest BCUT2D eigenvalue weighted by atomic mass is 35.5. The summed E-state index contributed by atoms with van der Waals surface area (Å²) in [5.41, 5.74) is -0.164. The number of nitrogens with zero attached hydrogens (tertiary/aromatic N) is 2. The maximum Gasteiger partial charge on any atom is 0.287 e. The van der Waals surface area contributed by atoms with Crippen LogP contribution in [0.2, 0.25) is 5.02 Å². The molecule has 1 aromatic heterocycles. The zero-order chi connectivity index (χ0) is 13.3. The zero-order valence-corrected chi connectivity index (χ0v) is 10.3. The third-order valence-corrected chi connectivity index (χ3v) is 3.01. The summed E-state index contributed by atoms with van der Waals surface area (Å²) in [5, 5.41) is 8.80. The molecule has 0 bridgehead atoms. The van der Waals surface area contributed by atoms with Crippen LogP contribution >= 0.6 is 11.6 Å². The van der Waals surface area contributed by atoms with E-state index in [2.05, 4.69) is 15.7 Å². The molecule has 2 N–H and O–H groups in total. The summed E-state index contributed by atoms with van der Waals surface area (Å²) in [4.78, 5) is 34.1. The molecule has 1 aliphatic rings. The Morgan fingerprint density at radius 1 is 1.50 bits per heavy atom. The van der Waals surface area contributed by atoms with Gasteiger partial charge in [-0.15, -0.1) is 0 Å². The predicted octanol–water partition coefficient (Wildman–Crippen LogP) is -0.349. The fraction of sp³-hybridized carbons (Fsp3) is 0.400. The number of hydrogen-bond donors (Lipinski definition) is 2. The second kappa shape index (κ2) is 4.77. The number of carbonyl (C=O) groups is 2. The summed E-state index contributed by atoms with van der Waals surface area (Å²) < 4.78 is 1.10. The normalized spacial score (nSPS) is 19.6. The van der Waals surface area contributed by atoms with Crippen molar-refractivity contribution in [1.82, 2.24) is 15.1 Å². The van der Waals surface area contributed by atoms with Crippen LogP contribution in [0.25, 0.3) is 0 Å². The molecule has 8 heteroatoms. The lowest BCUT2D eigenvalue weighted by Crippen LogP contribution is -2.47. The van der Waals surface area contributed by atoms with Crippen LogP contribution in [-0.4, -0.2) is 27.6 Å². The average molecular weight is 271 g/mol. The van der Waals surface area contributed by atoms with Gasteiger partial charge in [-0.25, -0.2) is 4.68 Å². The molecule has 2 heterocycles. The van der Waals surface area contributed by atoms with Crippen LogP contribution in [0.15, 0.2) is 11.0 Å². The first-order valence-corrected chi connectivity index (χ1v) is 5.69. The third kappa shape index (κ3) is 2.35. The molecule has 96 valence electrons. The molecular formula is C10H11ClN4O3. The van der Waals surface area contributed by atoms with Crippen LogP contribution in [0.4, 0.5) is 5.69 Å². The van der Waals surface area contributed by atoms with Gasteiger partial charge in [0.05, 0.1) is 11.9 Å². The maximum absolute atomic E-state index is 11.5. The molecule has 0 aromatic carbocycles. The highest BCUT2D eigenvalue weighted by Gasteiger charge is 2.27. The van der Waals surface area contributed by atoms with Crippen molar-refractivity contribution in [3.05, 3.63) is 21.6 Å². The molecule has 0 aliphatic carbocycles. The third-order valence-electron chi connectivity index (χ3n) is 2.65.